The molecule has 3 aromatic heterocycles. The maximum atomic E-state index is 12.6. The smallest absolute Gasteiger partial charge is 0.332 e. The summed E-state index contributed by atoms with van der Waals surface area (Å²) < 4.78 is 15.3. The standard InChI is InChI=1S/C25H21N7O4/c1-30-20-22(31(2)25(34)32(3)23(20)33)29-24(30)36-18-10-9-14(12-19(18)35-4)11-15(13-26)21-27-16-7-5-6-8-17(16)28-21/h5-12H,1-4H3,(H,27,28). The van der Waals surface area contributed by atoms with Gasteiger partial charge in [0.05, 0.1) is 23.7 Å². The van der Waals surface area contributed by atoms with E-state index in [1.54, 1.807) is 31.3 Å². The lowest BCUT2D eigenvalue weighted by Gasteiger charge is -2.10. The Kier molecular flexibility index (Phi) is 5.41. The number of aromatic amines is 1. The van der Waals surface area contributed by atoms with E-state index in [0.717, 1.165) is 15.6 Å². The van der Waals surface area contributed by atoms with Crippen LogP contribution in [0.2, 0.25) is 0 Å². The first kappa shape index (κ1) is 22.7. The second kappa shape index (κ2) is 8.59. The summed E-state index contributed by atoms with van der Waals surface area (Å²) in [6.07, 6.45) is 1.69. The highest BCUT2D eigenvalue weighted by molar-refractivity contribution is 5.90. The first-order chi connectivity index (χ1) is 17.3. The van der Waals surface area contributed by atoms with E-state index in [4.69, 9.17) is 9.47 Å². The van der Waals surface area contributed by atoms with Gasteiger partial charge in [-0.2, -0.15) is 10.2 Å². The summed E-state index contributed by atoms with van der Waals surface area (Å²) in [6, 6.07) is 15.0. The lowest BCUT2D eigenvalue weighted by molar-refractivity contribution is 0.363. The van der Waals surface area contributed by atoms with Crippen LogP contribution in [0.1, 0.15) is 11.4 Å². The third-order valence-electron chi connectivity index (χ3n) is 5.90. The molecule has 1 N–H and O–H groups in total. The predicted molar refractivity (Wildman–Crippen MR) is 134 cm³/mol. The number of benzene rings is 2. The molecule has 0 saturated carbocycles. The van der Waals surface area contributed by atoms with Crippen molar-refractivity contribution < 1.29 is 9.47 Å². The number of hydrogen-bond donors (Lipinski definition) is 1. The van der Waals surface area contributed by atoms with Gasteiger partial charge >= 0.3 is 11.7 Å². The molecule has 180 valence electrons. The molecule has 0 aliphatic heterocycles. The van der Waals surface area contributed by atoms with Gasteiger partial charge in [-0.1, -0.05) is 18.2 Å². The summed E-state index contributed by atoms with van der Waals surface area (Å²) in [6.45, 7) is 0. The lowest BCUT2D eigenvalue weighted by Crippen LogP contribution is -2.37. The van der Waals surface area contributed by atoms with Gasteiger partial charge in [-0.3, -0.25) is 18.5 Å². The van der Waals surface area contributed by atoms with Crippen molar-refractivity contribution in [3.05, 3.63) is 74.7 Å². The van der Waals surface area contributed by atoms with Crippen molar-refractivity contribution in [3.8, 4) is 23.6 Å². The Labute approximate surface area is 204 Å². The summed E-state index contributed by atoms with van der Waals surface area (Å²) in [4.78, 5) is 36.9. The van der Waals surface area contributed by atoms with E-state index in [1.807, 2.05) is 24.3 Å². The van der Waals surface area contributed by atoms with Gasteiger partial charge < -0.3 is 14.5 Å². The average molecular weight is 483 g/mol. The van der Waals surface area contributed by atoms with Crippen LogP contribution in [-0.4, -0.2) is 35.8 Å². The Hall–Kier alpha value is -5.11. The maximum absolute atomic E-state index is 12.6. The van der Waals surface area contributed by atoms with Crippen LogP contribution >= 0.6 is 0 Å². The number of para-hydroxylation sites is 2. The van der Waals surface area contributed by atoms with Crippen LogP contribution in [0.3, 0.4) is 0 Å². The number of nitriles is 1. The molecule has 11 nitrogen and oxygen atoms in total. The molecule has 0 radical (unpaired) electrons. The number of rotatable bonds is 5. The number of nitrogens with one attached hydrogen (secondary N) is 1. The molecular formula is C25H21N7O4. The second-order valence-electron chi connectivity index (χ2n) is 8.12. The third kappa shape index (κ3) is 3.61. The van der Waals surface area contributed by atoms with Gasteiger partial charge in [-0.15, -0.1) is 0 Å². The van der Waals surface area contributed by atoms with Gasteiger partial charge in [0.15, 0.2) is 22.7 Å². The van der Waals surface area contributed by atoms with Crippen LogP contribution in [0.5, 0.6) is 17.5 Å². The zero-order valence-electron chi connectivity index (χ0n) is 19.9. The largest absolute Gasteiger partial charge is 0.493 e. The van der Waals surface area contributed by atoms with Crippen LogP contribution in [-0.2, 0) is 21.1 Å². The molecule has 2 aromatic carbocycles. The molecule has 0 atom stereocenters. The molecule has 0 fully saturated rings. The van der Waals surface area contributed by atoms with Gasteiger partial charge in [-0.05, 0) is 35.9 Å². The van der Waals surface area contributed by atoms with E-state index in [0.29, 0.717) is 28.5 Å². The molecule has 0 unspecified atom stereocenters. The van der Waals surface area contributed by atoms with Crippen molar-refractivity contribution in [1.29, 1.82) is 5.26 Å². The molecule has 0 aliphatic rings. The van der Waals surface area contributed by atoms with Gasteiger partial charge in [-0.25, -0.2) is 9.78 Å². The average Bonchev–Trinajstić information content (AvgIpc) is 3.46. The predicted octanol–water partition coefficient (Wildman–Crippen LogP) is 2.71. The third-order valence-corrected chi connectivity index (χ3v) is 5.90. The summed E-state index contributed by atoms with van der Waals surface area (Å²) >= 11 is 0. The van der Waals surface area contributed by atoms with E-state index in [-0.39, 0.29) is 17.2 Å². The molecule has 3 heterocycles. The first-order valence-corrected chi connectivity index (χ1v) is 10.9. The zero-order chi connectivity index (χ0) is 25.6. The van der Waals surface area contributed by atoms with E-state index < -0.39 is 11.2 Å². The van der Waals surface area contributed by atoms with Gasteiger partial charge in [0.2, 0.25) is 0 Å². The highest BCUT2D eigenvalue weighted by Gasteiger charge is 2.19. The van der Waals surface area contributed by atoms with Crippen molar-refractivity contribution >= 4 is 33.8 Å². The van der Waals surface area contributed by atoms with Crippen molar-refractivity contribution in [2.24, 2.45) is 21.1 Å². The number of methoxy groups -OCH3 is 1. The minimum atomic E-state index is -0.483. The Morgan fingerprint density at radius 3 is 2.53 bits per heavy atom. The molecule has 11 heteroatoms. The molecule has 36 heavy (non-hydrogen) atoms. The fourth-order valence-electron chi connectivity index (χ4n) is 3.95. The number of aromatic nitrogens is 6. The highest BCUT2D eigenvalue weighted by Crippen LogP contribution is 2.33. The van der Waals surface area contributed by atoms with Gasteiger partial charge in [0.1, 0.15) is 11.9 Å². The molecule has 5 aromatic rings. The number of nitrogens with zero attached hydrogens (tertiary/aromatic N) is 6. The number of allylic oxidation sites excluding steroid dienone is 1. The molecule has 0 spiro atoms. The first-order valence-electron chi connectivity index (χ1n) is 10.9. The van der Waals surface area contributed by atoms with Crippen LogP contribution in [0, 0.1) is 11.3 Å². The number of fused-ring (bicyclic) bond motifs is 2. The molecule has 0 bridgehead atoms. The highest BCUT2D eigenvalue weighted by atomic mass is 16.5. The SMILES string of the molecule is COc1cc(C=C(C#N)c2nc3ccccc3[nH]2)ccc1Oc1nc2c(c(=O)n(C)c(=O)n2C)n1C. The fraction of sp³-hybridized carbons (Fsp3) is 0.160. The molecular weight excluding hydrogens is 462 g/mol. The second-order valence-corrected chi connectivity index (χ2v) is 8.12. The van der Waals surface area contributed by atoms with Crippen molar-refractivity contribution in [1.82, 2.24) is 28.7 Å². The van der Waals surface area contributed by atoms with E-state index >= 15 is 0 Å². The zero-order valence-corrected chi connectivity index (χ0v) is 19.9. The van der Waals surface area contributed by atoms with E-state index in [2.05, 4.69) is 21.0 Å². The van der Waals surface area contributed by atoms with Crippen molar-refractivity contribution in [2.75, 3.05) is 7.11 Å². The van der Waals surface area contributed by atoms with Crippen molar-refractivity contribution in [3.63, 3.8) is 0 Å². The molecule has 0 aliphatic carbocycles. The quantitative estimate of drug-likeness (QED) is 0.380. The molecule has 5 rings (SSSR count). The lowest BCUT2D eigenvalue weighted by atomic mass is 10.1. The monoisotopic (exact) mass is 483 g/mol. The number of H-pyrrole nitrogens is 1. The van der Waals surface area contributed by atoms with E-state index in [1.165, 1.54) is 30.3 Å². The summed E-state index contributed by atoms with van der Waals surface area (Å²) in [5.41, 5.74) is 2.14. The summed E-state index contributed by atoms with van der Waals surface area (Å²) in [7, 11) is 6.08. The Morgan fingerprint density at radius 2 is 1.81 bits per heavy atom. The van der Waals surface area contributed by atoms with Crippen LogP contribution in [0.4, 0.5) is 0 Å². The minimum Gasteiger partial charge on any atom is -0.493 e. The summed E-state index contributed by atoms with van der Waals surface area (Å²) in [5, 5.41) is 9.73. The number of ether oxygens (including phenoxy) is 2. The normalized spacial score (nSPS) is 11.7. The molecule has 0 amide bonds. The van der Waals surface area contributed by atoms with Gasteiger partial charge in [0.25, 0.3) is 5.56 Å². The van der Waals surface area contributed by atoms with Crippen LogP contribution < -0.4 is 20.7 Å². The number of imidazole rings is 2. The number of hydrogen-bond acceptors (Lipinski definition) is 7. The molecule has 0 saturated heterocycles. The van der Waals surface area contributed by atoms with Crippen LogP contribution in [0.25, 0.3) is 33.8 Å². The maximum Gasteiger partial charge on any atom is 0.332 e. The van der Waals surface area contributed by atoms with Gasteiger partial charge in [0, 0.05) is 21.1 Å². The van der Waals surface area contributed by atoms with Crippen LogP contribution in [0.15, 0.2) is 52.1 Å². The Balaban J connectivity index is 1.52. The summed E-state index contributed by atoms with van der Waals surface area (Å²) in [5.74, 6) is 1.20. The number of aryl methyl sites for hydroxylation is 2. The fourth-order valence-corrected chi connectivity index (χ4v) is 3.95. The minimum absolute atomic E-state index is 0.116. The topological polar surface area (TPSA) is 133 Å². The van der Waals surface area contributed by atoms with E-state index in [9.17, 15) is 14.9 Å². The van der Waals surface area contributed by atoms with Crippen molar-refractivity contribution in [2.45, 2.75) is 0 Å². The Bertz CT molecular complexity index is 1810. The Morgan fingerprint density at radius 1 is 1.03 bits per heavy atom.